The third-order valence-corrected chi connectivity index (χ3v) is 3.93. The van der Waals surface area contributed by atoms with Gasteiger partial charge in [0.1, 0.15) is 10.8 Å². The first-order valence-electron chi connectivity index (χ1n) is 5.81. The first kappa shape index (κ1) is 12.2. The fourth-order valence-electron chi connectivity index (χ4n) is 1.81. The molecule has 0 bridgehead atoms. The Labute approximate surface area is 105 Å². The maximum Gasteiger partial charge on any atom is 0.144 e. The number of nitrogens with zero attached hydrogens (tertiary/aromatic N) is 1. The number of thiazole rings is 1. The second-order valence-corrected chi connectivity index (χ2v) is 5.17. The number of fused-ring (bicyclic) bond motifs is 1. The lowest BCUT2D eigenvalue weighted by molar-refractivity contribution is -0.122. The van der Waals surface area contributed by atoms with E-state index < -0.39 is 0 Å². The number of Topliss-reactive ketones (excluding diaryl/α,β-unsaturated/α-hetero) is 1. The van der Waals surface area contributed by atoms with Crippen molar-refractivity contribution in [2.24, 2.45) is 11.7 Å². The smallest absolute Gasteiger partial charge is 0.144 e. The first-order chi connectivity index (χ1) is 8.24. The van der Waals surface area contributed by atoms with Crippen LogP contribution in [-0.4, -0.2) is 17.3 Å². The predicted molar refractivity (Wildman–Crippen MR) is 71.2 cm³/mol. The molecule has 1 aromatic carbocycles. The van der Waals surface area contributed by atoms with E-state index in [1.807, 2.05) is 31.2 Å². The van der Waals surface area contributed by atoms with Crippen LogP contribution in [0.3, 0.4) is 0 Å². The molecule has 0 radical (unpaired) electrons. The maximum atomic E-state index is 11.9. The molecule has 0 aliphatic rings. The quantitative estimate of drug-likeness (QED) is 0.884. The van der Waals surface area contributed by atoms with E-state index in [-0.39, 0.29) is 11.7 Å². The van der Waals surface area contributed by atoms with E-state index in [0.29, 0.717) is 13.0 Å². The number of ketones is 1. The second kappa shape index (κ2) is 5.38. The van der Waals surface area contributed by atoms with Crippen molar-refractivity contribution in [2.45, 2.75) is 19.8 Å². The molecule has 4 heteroatoms. The molecule has 0 aliphatic carbocycles. The number of rotatable bonds is 5. The topological polar surface area (TPSA) is 56.0 Å². The zero-order valence-corrected chi connectivity index (χ0v) is 10.7. The Balaban J connectivity index is 2.15. The second-order valence-electron chi connectivity index (χ2n) is 4.06. The number of para-hydroxylation sites is 1. The monoisotopic (exact) mass is 248 g/mol. The number of carbonyl (C=O) groups excluding carboxylic acids is 1. The van der Waals surface area contributed by atoms with E-state index in [2.05, 4.69) is 4.98 Å². The van der Waals surface area contributed by atoms with E-state index >= 15 is 0 Å². The van der Waals surface area contributed by atoms with Gasteiger partial charge in [0.25, 0.3) is 0 Å². The van der Waals surface area contributed by atoms with E-state index in [1.54, 1.807) is 11.3 Å². The van der Waals surface area contributed by atoms with Gasteiger partial charge in [-0.25, -0.2) is 4.98 Å². The Hall–Kier alpha value is -1.26. The lowest BCUT2D eigenvalue weighted by Gasteiger charge is -2.08. The molecule has 0 fully saturated rings. The summed E-state index contributed by atoms with van der Waals surface area (Å²) in [5, 5.41) is 0.892. The number of benzene rings is 1. The van der Waals surface area contributed by atoms with Gasteiger partial charge in [0.15, 0.2) is 0 Å². The van der Waals surface area contributed by atoms with Crippen molar-refractivity contribution in [3.05, 3.63) is 29.3 Å². The molecule has 2 rings (SSSR count). The number of carbonyl (C=O) groups is 1. The van der Waals surface area contributed by atoms with E-state index in [9.17, 15) is 4.79 Å². The number of aromatic nitrogens is 1. The molecule has 1 aromatic heterocycles. The Morgan fingerprint density at radius 3 is 2.88 bits per heavy atom. The van der Waals surface area contributed by atoms with Gasteiger partial charge in [0.2, 0.25) is 0 Å². The summed E-state index contributed by atoms with van der Waals surface area (Å²) in [5.74, 6) is 0.177. The van der Waals surface area contributed by atoms with Gasteiger partial charge >= 0.3 is 0 Å². The summed E-state index contributed by atoms with van der Waals surface area (Å²) in [7, 11) is 0. The minimum absolute atomic E-state index is 0.0259. The zero-order chi connectivity index (χ0) is 12.3. The van der Waals surface area contributed by atoms with Crippen LogP contribution in [0.5, 0.6) is 0 Å². The Morgan fingerprint density at radius 1 is 1.47 bits per heavy atom. The summed E-state index contributed by atoms with van der Waals surface area (Å²) < 4.78 is 1.14. The van der Waals surface area contributed by atoms with Crippen molar-refractivity contribution >= 4 is 27.3 Å². The van der Waals surface area contributed by atoms with Gasteiger partial charge in [-0.15, -0.1) is 11.3 Å². The Morgan fingerprint density at radius 2 is 2.24 bits per heavy atom. The highest BCUT2D eigenvalue weighted by molar-refractivity contribution is 7.18. The molecular weight excluding hydrogens is 232 g/mol. The zero-order valence-electron chi connectivity index (χ0n) is 9.85. The van der Waals surface area contributed by atoms with E-state index in [4.69, 9.17) is 5.73 Å². The van der Waals surface area contributed by atoms with Crippen molar-refractivity contribution in [2.75, 3.05) is 6.54 Å². The van der Waals surface area contributed by atoms with E-state index in [1.165, 1.54) is 0 Å². The molecule has 2 N–H and O–H groups in total. The highest BCUT2D eigenvalue weighted by Crippen LogP contribution is 2.22. The molecule has 17 heavy (non-hydrogen) atoms. The summed E-state index contributed by atoms with van der Waals surface area (Å²) in [6, 6.07) is 7.95. The van der Waals surface area contributed by atoms with Crippen LogP contribution in [0.2, 0.25) is 0 Å². The standard InChI is InChI=1S/C13H16N2OS/c1-2-9(8-14)11(16)7-13-15-10-5-3-4-6-12(10)17-13/h3-6,9H,2,7-8,14H2,1H3. The highest BCUT2D eigenvalue weighted by Gasteiger charge is 2.16. The molecular formula is C13H16N2OS. The van der Waals surface area contributed by atoms with Crippen LogP contribution in [0.1, 0.15) is 18.4 Å². The molecule has 0 amide bonds. The summed E-state index contributed by atoms with van der Waals surface area (Å²) in [4.78, 5) is 16.4. The van der Waals surface area contributed by atoms with Crippen LogP contribution in [-0.2, 0) is 11.2 Å². The largest absolute Gasteiger partial charge is 0.330 e. The molecule has 1 atom stereocenters. The van der Waals surface area contributed by atoms with Gasteiger partial charge in [-0.1, -0.05) is 19.1 Å². The fourth-order valence-corrected chi connectivity index (χ4v) is 2.79. The minimum Gasteiger partial charge on any atom is -0.330 e. The average molecular weight is 248 g/mol. The summed E-state index contributed by atoms with van der Waals surface area (Å²) in [6.07, 6.45) is 1.22. The van der Waals surface area contributed by atoms with Crippen molar-refractivity contribution in [3.8, 4) is 0 Å². The average Bonchev–Trinajstić information content (AvgIpc) is 2.72. The van der Waals surface area contributed by atoms with Crippen LogP contribution in [0, 0.1) is 5.92 Å². The van der Waals surface area contributed by atoms with Gasteiger partial charge in [0.05, 0.1) is 16.6 Å². The van der Waals surface area contributed by atoms with Gasteiger partial charge in [0, 0.05) is 12.5 Å². The number of nitrogens with two attached hydrogens (primary N) is 1. The number of hydrogen-bond donors (Lipinski definition) is 1. The normalized spacial score (nSPS) is 12.8. The SMILES string of the molecule is CCC(CN)C(=O)Cc1nc2ccccc2s1. The third-order valence-electron chi connectivity index (χ3n) is 2.90. The van der Waals surface area contributed by atoms with Crippen LogP contribution in [0.4, 0.5) is 0 Å². The lowest BCUT2D eigenvalue weighted by atomic mass is 9.99. The molecule has 0 spiro atoms. The molecule has 1 unspecified atom stereocenters. The predicted octanol–water partition coefficient (Wildman–Crippen LogP) is 2.39. The van der Waals surface area contributed by atoms with E-state index in [0.717, 1.165) is 21.6 Å². The van der Waals surface area contributed by atoms with Gasteiger partial charge in [-0.05, 0) is 18.6 Å². The molecule has 2 aromatic rings. The summed E-state index contributed by atoms with van der Waals surface area (Å²) in [5.41, 5.74) is 6.55. The van der Waals surface area contributed by atoms with Crippen molar-refractivity contribution < 1.29 is 4.79 Å². The van der Waals surface area contributed by atoms with Crippen LogP contribution in [0.15, 0.2) is 24.3 Å². The molecule has 3 nitrogen and oxygen atoms in total. The lowest BCUT2D eigenvalue weighted by Crippen LogP contribution is -2.24. The van der Waals surface area contributed by atoms with Crippen molar-refractivity contribution in [1.82, 2.24) is 4.98 Å². The minimum atomic E-state index is -0.0259. The molecule has 0 aliphatic heterocycles. The molecule has 90 valence electrons. The van der Waals surface area contributed by atoms with Crippen molar-refractivity contribution in [1.29, 1.82) is 0 Å². The third kappa shape index (κ3) is 2.70. The molecule has 1 heterocycles. The van der Waals surface area contributed by atoms with Gasteiger partial charge in [-0.3, -0.25) is 4.79 Å². The van der Waals surface area contributed by atoms with Crippen molar-refractivity contribution in [3.63, 3.8) is 0 Å². The van der Waals surface area contributed by atoms with Crippen LogP contribution in [0.25, 0.3) is 10.2 Å². The van der Waals surface area contributed by atoms with Gasteiger partial charge < -0.3 is 5.73 Å². The summed E-state index contributed by atoms with van der Waals surface area (Å²) in [6.45, 7) is 2.42. The summed E-state index contributed by atoms with van der Waals surface area (Å²) >= 11 is 1.59. The first-order valence-corrected chi connectivity index (χ1v) is 6.63. The number of hydrogen-bond acceptors (Lipinski definition) is 4. The molecule has 0 saturated carbocycles. The van der Waals surface area contributed by atoms with Gasteiger partial charge in [-0.2, -0.15) is 0 Å². The van der Waals surface area contributed by atoms with Crippen LogP contribution >= 0.6 is 11.3 Å². The Bertz CT molecular complexity index is 484. The molecule has 0 saturated heterocycles. The highest BCUT2D eigenvalue weighted by atomic mass is 32.1. The van der Waals surface area contributed by atoms with Crippen LogP contribution < -0.4 is 5.73 Å². The fraction of sp³-hybridized carbons (Fsp3) is 0.385. The Kier molecular flexibility index (Phi) is 3.86. The maximum absolute atomic E-state index is 11.9.